The van der Waals surface area contributed by atoms with Gasteiger partial charge in [-0.3, -0.25) is 9.36 Å². The van der Waals surface area contributed by atoms with E-state index in [1.165, 1.54) is 41.8 Å². The lowest BCUT2D eigenvalue weighted by Crippen LogP contribution is -2.26. The minimum Gasteiger partial charge on any atom is -0.335 e. The third kappa shape index (κ3) is 3.94. The zero-order valence-electron chi connectivity index (χ0n) is 11.5. The molecule has 5 nitrogen and oxygen atoms in total. The summed E-state index contributed by atoms with van der Waals surface area (Å²) in [6.45, 7) is -0.781. The molecule has 0 fully saturated rings. The lowest BCUT2D eigenvalue weighted by molar-refractivity contribution is -0.125. The molecule has 0 aliphatic rings. The maximum Gasteiger partial charge on any atom is 0.319 e. The van der Waals surface area contributed by atoms with E-state index in [2.05, 4.69) is 9.97 Å². The van der Waals surface area contributed by atoms with Gasteiger partial charge in [0.25, 0.3) is 0 Å². The van der Waals surface area contributed by atoms with Crippen molar-refractivity contribution in [3.05, 3.63) is 40.4 Å². The van der Waals surface area contributed by atoms with E-state index in [9.17, 15) is 13.6 Å². The maximum atomic E-state index is 12.7. The minimum absolute atomic E-state index is 0.0105. The molecule has 0 aromatic carbocycles. The predicted octanol–water partition coefficient (Wildman–Crippen LogP) is 2.71. The molecule has 21 heavy (non-hydrogen) atoms. The molecule has 0 saturated heterocycles. The van der Waals surface area contributed by atoms with Crippen LogP contribution in [-0.4, -0.2) is 32.4 Å². The van der Waals surface area contributed by atoms with Gasteiger partial charge in [0.2, 0.25) is 5.91 Å². The summed E-state index contributed by atoms with van der Waals surface area (Å²) in [5.74, 6) is -0.164. The molecular formula is C13H14F2N4OS. The number of nitrogens with zero attached hydrogens (tertiary/aromatic N) is 4. The Kier molecular flexibility index (Phi) is 4.79. The van der Waals surface area contributed by atoms with Crippen LogP contribution in [0.4, 0.5) is 8.78 Å². The first-order valence-electron chi connectivity index (χ1n) is 6.12. The van der Waals surface area contributed by atoms with Gasteiger partial charge in [-0.2, -0.15) is 8.78 Å². The van der Waals surface area contributed by atoms with Crippen LogP contribution in [0.15, 0.2) is 23.8 Å². The Balaban J connectivity index is 1.99. The number of hydrogen-bond donors (Lipinski definition) is 0. The van der Waals surface area contributed by atoms with Crippen LogP contribution in [0.5, 0.6) is 0 Å². The molecule has 2 aromatic heterocycles. The molecule has 0 atom stereocenters. The van der Waals surface area contributed by atoms with Gasteiger partial charge in [0.1, 0.15) is 5.82 Å². The zero-order valence-corrected chi connectivity index (χ0v) is 12.3. The summed E-state index contributed by atoms with van der Waals surface area (Å²) in [4.78, 5) is 21.3. The smallest absolute Gasteiger partial charge is 0.319 e. The van der Waals surface area contributed by atoms with Crippen molar-refractivity contribution in [2.24, 2.45) is 0 Å². The van der Waals surface area contributed by atoms with E-state index in [4.69, 9.17) is 0 Å². The molecule has 0 radical (unpaired) electrons. The third-order valence-electron chi connectivity index (χ3n) is 2.75. The van der Waals surface area contributed by atoms with Gasteiger partial charge in [-0.05, 0) is 13.0 Å². The molecule has 0 unspecified atom stereocenters. The highest BCUT2D eigenvalue weighted by Crippen LogP contribution is 2.14. The highest BCUT2D eigenvalue weighted by atomic mass is 32.1. The van der Waals surface area contributed by atoms with Gasteiger partial charge in [0, 0.05) is 30.9 Å². The second kappa shape index (κ2) is 6.57. The lowest BCUT2D eigenvalue weighted by Gasteiger charge is -2.15. The number of aryl methyl sites for hydroxylation is 1. The molecule has 0 aliphatic heterocycles. The lowest BCUT2D eigenvalue weighted by atomic mass is 10.3. The second-order valence-corrected chi connectivity index (χ2v) is 5.41. The molecular weight excluding hydrogens is 298 g/mol. The van der Waals surface area contributed by atoms with Crippen molar-refractivity contribution in [1.82, 2.24) is 19.4 Å². The molecule has 0 bridgehead atoms. The van der Waals surface area contributed by atoms with Crippen LogP contribution in [0, 0.1) is 6.92 Å². The monoisotopic (exact) mass is 312 g/mol. The average Bonchev–Trinajstić information content (AvgIpc) is 3.04. The summed E-state index contributed by atoms with van der Waals surface area (Å²) < 4.78 is 26.1. The van der Waals surface area contributed by atoms with E-state index in [0.717, 1.165) is 9.57 Å². The Morgan fingerprint density at radius 3 is 2.95 bits per heavy atom. The summed E-state index contributed by atoms with van der Waals surface area (Å²) in [5.41, 5.74) is 0.702. The SMILES string of the molecule is Cc1nc(C=CC(=O)N(C)Cc2nccn2C(F)F)cs1. The fraction of sp³-hybridized carbons (Fsp3) is 0.308. The molecule has 8 heteroatoms. The molecule has 0 saturated carbocycles. The van der Waals surface area contributed by atoms with Crippen molar-refractivity contribution >= 4 is 23.3 Å². The predicted molar refractivity (Wildman–Crippen MR) is 75.8 cm³/mol. The second-order valence-electron chi connectivity index (χ2n) is 4.35. The third-order valence-corrected chi connectivity index (χ3v) is 3.54. The highest BCUT2D eigenvalue weighted by molar-refractivity contribution is 7.09. The maximum absolute atomic E-state index is 12.7. The van der Waals surface area contributed by atoms with Gasteiger partial charge in [-0.25, -0.2) is 9.97 Å². The van der Waals surface area contributed by atoms with Gasteiger partial charge >= 0.3 is 6.55 Å². The van der Waals surface area contributed by atoms with E-state index in [1.807, 2.05) is 12.3 Å². The van der Waals surface area contributed by atoms with Crippen LogP contribution >= 0.6 is 11.3 Å². The summed E-state index contributed by atoms with van der Waals surface area (Å²) >= 11 is 1.49. The van der Waals surface area contributed by atoms with Crippen molar-refractivity contribution < 1.29 is 13.6 Å². The number of alkyl halides is 2. The number of likely N-dealkylation sites (N-methyl/N-ethyl adjacent to an activating group) is 1. The van der Waals surface area contributed by atoms with Crippen LogP contribution in [-0.2, 0) is 11.3 Å². The summed E-state index contributed by atoms with van der Waals surface area (Å²) in [5, 5.41) is 2.75. The number of aromatic nitrogens is 3. The van der Waals surface area contributed by atoms with Crippen molar-refractivity contribution in [3.63, 3.8) is 0 Å². The zero-order chi connectivity index (χ0) is 15.4. The Morgan fingerprint density at radius 1 is 1.57 bits per heavy atom. The number of hydrogen-bond acceptors (Lipinski definition) is 4. The normalized spacial score (nSPS) is 11.5. The first-order chi connectivity index (χ1) is 9.97. The average molecular weight is 312 g/mol. The van der Waals surface area contributed by atoms with Crippen molar-refractivity contribution in [2.45, 2.75) is 20.0 Å². The summed E-state index contributed by atoms with van der Waals surface area (Å²) in [7, 11) is 1.53. The first-order valence-corrected chi connectivity index (χ1v) is 7.00. The van der Waals surface area contributed by atoms with E-state index in [0.29, 0.717) is 5.69 Å². The molecule has 0 spiro atoms. The van der Waals surface area contributed by atoms with E-state index in [-0.39, 0.29) is 18.3 Å². The van der Waals surface area contributed by atoms with E-state index >= 15 is 0 Å². The fourth-order valence-corrected chi connectivity index (χ4v) is 2.26. The topological polar surface area (TPSA) is 51.0 Å². The summed E-state index contributed by atoms with van der Waals surface area (Å²) in [6, 6.07) is 0. The molecule has 0 aliphatic carbocycles. The standard InChI is InChI=1S/C13H14F2N4OS/c1-9-17-10(8-21-9)3-4-12(20)18(2)7-11-16-5-6-19(11)13(14)15/h3-6,8,13H,7H2,1-2H3. The van der Waals surface area contributed by atoms with Crippen molar-refractivity contribution in [1.29, 1.82) is 0 Å². The minimum atomic E-state index is -2.67. The Bertz CT molecular complexity index is 650. The number of amides is 1. The molecule has 112 valence electrons. The van der Waals surface area contributed by atoms with Crippen LogP contribution in [0.1, 0.15) is 23.1 Å². The number of carbonyl (C=O) groups is 1. The summed E-state index contributed by atoms with van der Waals surface area (Å²) in [6.07, 6.45) is 5.44. The highest BCUT2D eigenvalue weighted by Gasteiger charge is 2.14. The Morgan fingerprint density at radius 2 is 2.33 bits per heavy atom. The molecule has 2 rings (SSSR count). The van der Waals surface area contributed by atoms with E-state index in [1.54, 1.807) is 6.08 Å². The molecule has 2 heterocycles. The Hall–Kier alpha value is -2.09. The fourth-order valence-electron chi connectivity index (χ4n) is 1.67. The quantitative estimate of drug-likeness (QED) is 0.798. The molecule has 0 N–H and O–H groups in total. The van der Waals surface area contributed by atoms with Gasteiger partial charge in [0.05, 0.1) is 17.2 Å². The molecule has 2 aromatic rings. The van der Waals surface area contributed by atoms with Crippen LogP contribution in [0.3, 0.4) is 0 Å². The van der Waals surface area contributed by atoms with Gasteiger partial charge in [-0.1, -0.05) is 0 Å². The van der Waals surface area contributed by atoms with Gasteiger partial charge < -0.3 is 4.90 Å². The van der Waals surface area contributed by atoms with Gasteiger partial charge in [0.15, 0.2) is 0 Å². The van der Waals surface area contributed by atoms with Crippen molar-refractivity contribution in [2.75, 3.05) is 7.05 Å². The molecule has 1 amide bonds. The first kappa shape index (κ1) is 15.3. The van der Waals surface area contributed by atoms with E-state index < -0.39 is 6.55 Å². The van der Waals surface area contributed by atoms with Crippen LogP contribution in [0.2, 0.25) is 0 Å². The number of rotatable bonds is 5. The Labute approximate surface area is 124 Å². The number of halogens is 2. The largest absolute Gasteiger partial charge is 0.335 e. The van der Waals surface area contributed by atoms with Crippen molar-refractivity contribution in [3.8, 4) is 0 Å². The number of thiazole rings is 1. The van der Waals surface area contributed by atoms with Crippen LogP contribution < -0.4 is 0 Å². The number of carbonyl (C=O) groups excluding carboxylic acids is 1. The van der Waals surface area contributed by atoms with Gasteiger partial charge in [-0.15, -0.1) is 11.3 Å². The van der Waals surface area contributed by atoms with Crippen LogP contribution in [0.25, 0.3) is 6.08 Å². The number of imidazole rings is 1.